The minimum atomic E-state index is -0.00735. The lowest BCUT2D eigenvalue weighted by atomic mass is 10.1. The van der Waals surface area contributed by atoms with Gasteiger partial charge in [0.05, 0.1) is 12.1 Å². The van der Waals surface area contributed by atoms with E-state index in [4.69, 9.17) is 4.42 Å². The first-order valence-corrected chi connectivity index (χ1v) is 9.04. The maximum absolute atomic E-state index is 13.1. The first-order valence-electron chi connectivity index (χ1n) is 9.04. The van der Waals surface area contributed by atoms with E-state index in [-0.39, 0.29) is 5.91 Å². The maximum atomic E-state index is 13.1. The molecule has 0 aliphatic carbocycles. The van der Waals surface area contributed by atoms with Crippen LogP contribution in [0, 0.1) is 6.92 Å². The number of carbonyl (C=O) groups excluding carboxylic acids is 1. The molecule has 0 aliphatic heterocycles. The number of fused-ring (bicyclic) bond motifs is 1. The summed E-state index contributed by atoms with van der Waals surface area (Å²) in [6.45, 7) is 3.09. The average Bonchev–Trinajstić information content (AvgIpc) is 3.26. The standard InChI is InChI=1S/C23H22N2O2/c1-17-12-13-19(27-17)15-24(2)23(26)21-16-25(14-18-8-4-3-5-9-18)22-11-7-6-10-20(21)22/h3-13,16H,14-15H2,1-2H3. The van der Waals surface area contributed by atoms with E-state index in [0.717, 1.165) is 29.0 Å². The van der Waals surface area contributed by atoms with Gasteiger partial charge in [-0.1, -0.05) is 48.5 Å². The summed E-state index contributed by atoms with van der Waals surface area (Å²) in [6, 6.07) is 22.2. The van der Waals surface area contributed by atoms with Gasteiger partial charge in [-0.15, -0.1) is 0 Å². The second kappa shape index (κ2) is 7.16. The number of nitrogens with zero attached hydrogens (tertiary/aromatic N) is 2. The monoisotopic (exact) mass is 358 g/mol. The van der Waals surface area contributed by atoms with Crippen molar-refractivity contribution in [2.75, 3.05) is 7.05 Å². The van der Waals surface area contributed by atoms with Gasteiger partial charge in [0.1, 0.15) is 11.5 Å². The lowest BCUT2D eigenvalue weighted by Crippen LogP contribution is -2.25. The van der Waals surface area contributed by atoms with Crippen molar-refractivity contribution in [2.45, 2.75) is 20.0 Å². The molecule has 4 rings (SSSR count). The van der Waals surface area contributed by atoms with Crippen molar-refractivity contribution in [1.82, 2.24) is 9.47 Å². The Morgan fingerprint density at radius 1 is 1.00 bits per heavy atom. The molecule has 136 valence electrons. The number of amides is 1. The van der Waals surface area contributed by atoms with Gasteiger partial charge in [0.15, 0.2) is 0 Å². The minimum absolute atomic E-state index is 0.00735. The Kier molecular flexibility index (Phi) is 4.55. The molecule has 0 aliphatic rings. The topological polar surface area (TPSA) is 38.4 Å². The summed E-state index contributed by atoms with van der Waals surface area (Å²) in [5.74, 6) is 1.63. The highest BCUT2D eigenvalue weighted by Gasteiger charge is 2.19. The Bertz CT molecular complexity index is 1080. The van der Waals surface area contributed by atoms with Crippen LogP contribution >= 0.6 is 0 Å². The fraction of sp³-hybridized carbons (Fsp3) is 0.174. The van der Waals surface area contributed by atoms with E-state index >= 15 is 0 Å². The Balaban J connectivity index is 1.65. The van der Waals surface area contributed by atoms with Crippen LogP contribution in [0.5, 0.6) is 0 Å². The van der Waals surface area contributed by atoms with Gasteiger partial charge in [0.25, 0.3) is 5.91 Å². The van der Waals surface area contributed by atoms with Crippen LogP contribution in [0.4, 0.5) is 0 Å². The third-order valence-corrected chi connectivity index (χ3v) is 4.75. The number of hydrogen-bond acceptors (Lipinski definition) is 2. The van der Waals surface area contributed by atoms with Crippen LogP contribution in [0.3, 0.4) is 0 Å². The summed E-state index contributed by atoms with van der Waals surface area (Å²) in [5, 5.41) is 0.973. The fourth-order valence-corrected chi connectivity index (χ4v) is 3.41. The molecule has 0 saturated heterocycles. The number of benzene rings is 2. The minimum Gasteiger partial charge on any atom is -0.464 e. The number of carbonyl (C=O) groups is 1. The second-order valence-corrected chi connectivity index (χ2v) is 6.85. The van der Waals surface area contributed by atoms with Gasteiger partial charge in [-0.25, -0.2) is 0 Å². The molecule has 4 nitrogen and oxygen atoms in total. The summed E-state index contributed by atoms with van der Waals surface area (Å²) < 4.78 is 7.75. The molecule has 2 aromatic carbocycles. The summed E-state index contributed by atoms with van der Waals surface area (Å²) in [4.78, 5) is 14.8. The van der Waals surface area contributed by atoms with E-state index in [0.29, 0.717) is 12.1 Å². The fourth-order valence-electron chi connectivity index (χ4n) is 3.41. The van der Waals surface area contributed by atoms with Gasteiger partial charge < -0.3 is 13.9 Å². The molecule has 0 N–H and O–H groups in total. The third kappa shape index (κ3) is 3.51. The number of hydrogen-bond donors (Lipinski definition) is 0. The molecule has 0 bridgehead atoms. The summed E-state index contributed by atoms with van der Waals surface area (Å²) >= 11 is 0. The first-order chi connectivity index (χ1) is 13.1. The van der Waals surface area contributed by atoms with Crippen molar-refractivity contribution >= 4 is 16.8 Å². The molecular weight excluding hydrogens is 336 g/mol. The molecule has 4 aromatic rings. The van der Waals surface area contributed by atoms with Gasteiger partial charge >= 0.3 is 0 Å². The summed E-state index contributed by atoms with van der Waals surface area (Å²) in [5.41, 5.74) is 2.98. The number of para-hydroxylation sites is 1. The number of aryl methyl sites for hydroxylation is 1. The van der Waals surface area contributed by atoms with Crippen LogP contribution in [0.1, 0.15) is 27.4 Å². The summed E-state index contributed by atoms with van der Waals surface area (Å²) in [6.07, 6.45) is 1.96. The highest BCUT2D eigenvalue weighted by atomic mass is 16.3. The van der Waals surface area contributed by atoms with Gasteiger partial charge in [0, 0.05) is 30.7 Å². The van der Waals surface area contributed by atoms with E-state index < -0.39 is 0 Å². The third-order valence-electron chi connectivity index (χ3n) is 4.75. The molecule has 0 fully saturated rings. The highest BCUT2D eigenvalue weighted by molar-refractivity contribution is 6.06. The van der Waals surface area contributed by atoms with Crippen LogP contribution in [0.2, 0.25) is 0 Å². The smallest absolute Gasteiger partial charge is 0.256 e. The molecule has 2 heterocycles. The lowest BCUT2D eigenvalue weighted by Gasteiger charge is -2.15. The Hall–Kier alpha value is -3.27. The Morgan fingerprint density at radius 2 is 1.74 bits per heavy atom. The quantitative estimate of drug-likeness (QED) is 0.511. The number of rotatable bonds is 5. The van der Waals surface area contributed by atoms with Gasteiger partial charge in [-0.05, 0) is 30.7 Å². The Morgan fingerprint density at radius 3 is 2.48 bits per heavy atom. The van der Waals surface area contributed by atoms with Crippen LogP contribution in [0.25, 0.3) is 10.9 Å². The van der Waals surface area contributed by atoms with Crippen LogP contribution < -0.4 is 0 Å². The van der Waals surface area contributed by atoms with Crippen molar-refractivity contribution < 1.29 is 9.21 Å². The molecular formula is C23H22N2O2. The molecule has 2 aromatic heterocycles. The molecule has 4 heteroatoms. The van der Waals surface area contributed by atoms with Crippen molar-refractivity contribution in [2.24, 2.45) is 0 Å². The normalized spacial score (nSPS) is 11.0. The molecule has 0 spiro atoms. The van der Waals surface area contributed by atoms with Crippen LogP contribution in [0.15, 0.2) is 77.3 Å². The van der Waals surface area contributed by atoms with Crippen LogP contribution in [-0.4, -0.2) is 22.4 Å². The SMILES string of the molecule is Cc1ccc(CN(C)C(=O)c2cn(Cc3ccccc3)c3ccccc23)o1. The van der Waals surface area contributed by atoms with Crippen molar-refractivity contribution in [1.29, 1.82) is 0 Å². The van der Waals surface area contributed by atoms with Gasteiger partial charge in [-0.3, -0.25) is 4.79 Å². The highest BCUT2D eigenvalue weighted by Crippen LogP contribution is 2.24. The van der Waals surface area contributed by atoms with E-state index in [1.54, 1.807) is 4.90 Å². The number of furan rings is 1. The van der Waals surface area contributed by atoms with Crippen molar-refractivity contribution in [3.05, 3.63) is 95.6 Å². The average molecular weight is 358 g/mol. The maximum Gasteiger partial charge on any atom is 0.256 e. The Labute approximate surface area is 158 Å². The second-order valence-electron chi connectivity index (χ2n) is 6.85. The zero-order chi connectivity index (χ0) is 18.8. The van der Waals surface area contributed by atoms with Crippen molar-refractivity contribution in [3.63, 3.8) is 0 Å². The molecule has 1 amide bonds. The van der Waals surface area contributed by atoms with Crippen molar-refractivity contribution in [3.8, 4) is 0 Å². The zero-order valence-corrected chi connectivity index (χ0v) is 15.6. The molecule has 0 radical (unpaired) electrons. The van der Waals surface area contributed by atoms with Gasteiger partial charge in [0.2, 0.25) is 0 Å². The predicted molar refractivity (Wildman–Crippen MR) is 107 cm³/mol. The summed E-state index contributed by atoms with van der Waals surface area (Å²) in [7, 11) is 1.81. The molecule has 0 atom stereocenters. The van der Waals surface area contributed by atoms with Gasteiger partial charge in [-0.2, -0.15) is 0 Å². The first kappa shape index (κ1) is 17.2. The van der Waals surface area contributed by atoms with E-state index in [1.165, 1.54) is 5.56 Å². The number of aromatic nitrogens is 1. The molecule has 0 saturated carbocycles. The molecule has 27 heavy (non-hydrogen) atoms. The van der Waals surface area contributed by atoms with E-state index in [9.17, 15) is 4.79 Å². The molecule has 0 unspecified atom stereocenters. The van der Waals surface area contributed by atoms with E-state index in [1.807, 2.05) is 68.7 Å². The zero-order valence-electron chi connectivity index (χ0n) is 15.6. The van der Waals surface area contributed by atoms with E-state index in [2.05, 4.69) is 22.8 Å². The lowest BCUT2D eigenvalue weighted by molar-refractivity contribution is 0.0776. The largest absolute Gasteiger partial charge is 0.464 e. The van der Waals surface area contributed by atoms with Crippen LogP contribution in [-0.2, 0) is 13.1 Å². The predicted octanol–water partition coefficient (Wildman–Crippen LogP) is 4.86.